The van der Waals surface area contributed by atoms with Gasteiger partial charge in [0, 0.05) is 30.3 Å². The molecule has 2 aromatic carbocycles. The number of aromatic carboxylic acids is 1. The quantitative estimate of drug-likeness (QED) is 0.655. The fraction of sp³-hybridized carbons (Fsp3) is 0.261. The van der Waals surface area contributed by atoms with E-state index in [2.05, 4.69) is 11.4 Å². The van der Waals surface area contributed by atoms with E-state index in [0.29, 0.717) is 12.1 Å². The molecule has 0 aliphatic heterocycles. The lowest BCUT2D eigenvalue weighted by Crippen LogP contribution is -2.16. The van der Waals surface area contributed by atoms with Gasteiger partial charge < -0.3 is 15.2 Å². The minimum absolute atomic E-state index is 0.0794. The number of aromatic nitrogens is 2. The van der Waals surface area contributed by atoms with Crippen molar-refractivity contribution >= 4 is 17.6 Å². The van der Waals surface area contributed by atoms with Crippen LogP contribution in [0.15, 0.2) is 42.5 Å². The Morgan fingerprint density at radius 3 is 2.77 bits per heavy atom. The third kappa shape index (κ3) is 3.66. The molecule has 1 amide bonds. The van der Waals surface area contributed by atoms with E-state index in [1.54, 1.807) is 25.3 Å². The third-order valence-corrected chi connectivity index (χ3v) is 5.51. The number of amides is 1. The second-order valence-corrected chi connectivity index (χ2v) is 7.32. The summed E-state index contributed by atoms with van der Waals surface area (Å²) in [5, 5.41) is 16.7. The summed E-state index contributed by atoms with van der Waals surface area (Å²) < 4.78 is 7.18. The summed E-state index contributed by atoms with van der Waals surface area (Å²) in [7, 11) is 3.56. The summed E-state index contributed by atoms with van der Waals surface area (Å²) in [6.45, 7) is 0. The van der Waals surface area contributed by atoms with Gasteiger partial charge in [0.1, 0.15) is 5.75 Å². The van der Waals surface area contributed by atoms with E-state index in [9.17, 15) is 14.7 Å². The number of carbonyl (C=O) groups is 2. The first-order valence-corrected chi connectivity index (χ1v) is 9.82. The summed E-state index contributed by atoms with van der Waals surface area (Å²) >= 11 is 0. The third-order valence-electron chi connectivity index (χ3n) is 5.51. The van der Waals surface area contributed by atoms with Crippen molar-refractivity contribution in [3.05, 3.63) is 64.8 Å². The number of rotatable bonds is 6. The van der Waals surface area contributed by atoms with E-state index in [4.69, 9.17) is 9.84 Å². The molecule has 3 aromatic rings. The summed E-state index contributed by atoms with van der Waals surface area (Å²) in [5.74, 6) is -0.451. The number of nitrogens with zero attached hydrogens (tertiary/aromatic N) is 2. The Morgan fingerprint density at radius 1 is 1.20 bits per heavy atom. The van der Waals surface area contributed by atoms with Crippen LogP contribution in [0.3, 0.4) is 0 Å². The number of carbonyl (C=O) groups excluding carboxylic acids is 1. The molecule has 1 aliphatic carbocycles. The van der Waals surface area contributed by atoms with Crippen LogP contribution in [0, 0.1) is 0 Å². The highest BCUT2D eigenvalue weighted by molar-refractivity contribution is 6.00. The summed E-state index contributed by atoms with van der Waals surface area (Å²) in [6.07, 6.45) is 2.54. The summed E-state index contributed by atoms with van der Waals surface area (Å²) in [6, 6.07) is 12.4. The molecule has 0 bridgehead atoms. The van der Waals surface area contributed by atoms with Crippen molar-refractivity contribution in [2.45, 2.75) is 25.7 Å². The number of para-hydroxylation sites is 1. The van der Waals surface area contributed by atoms with Crippen LogP contribution >= 0.6 is 0 Å². The van der Waals surface area contributed by atoms with Crippen LogP contribution < -0.4 is 10.1 Å². The molecule has 1 aromatic heterocycles. The van der Waals surface area contributed by atoms with E-state index in [0.717, 1.165) is 35.5 Å². The van der Waals surface area contributed by atoms with Crippen LogP contribution in [0.4, 0.5) is 5.69 Å². The first-order valence-electron chi connectivity index (χ1n) is 9.82. The average molecular weight is 405 g/mol. The molecule has 7 heteroatoms. The molecular formula is C23H23N3O4. The molecule has 0 saturated heterocycles. The van der Waals surface area contributed by atoms with Crippen molar-refractivity contribution in [1.82, 2.24) is 9.78 Å². The van der Waals surface area contributed by atoms with Gasteiger partial charge in [0.25, 0.3) is 0 Å². The van der Waals surface area contributed by atoms with E-state index in [1.807, 2.05) is 23.9 Å². The molecule has 154 valence electrons. The standard InChI is InChI=1S/C23H23N3O4/c1-26-20(11-12-21(27)24-19-6-4-3-5-17(19)23(28)29)18-9-7-14-13-15(30-2)8-10-16(14)22(18)25-26/h3-6,8,10,13H,7,9,11-12H2,1-2H3,(H,24,27)(H,28,29). The Labute approximate surface area is 174 Å². The molecule has 0 saturated carbocycles. The average Bonchev–Trinajstić information content (AvgIpc) is 3.07. The highest BCUT2D eigenvalue weighted by Crippen LogP contribution is 2.36. The lowest BCUT2D eigenvalue weighted by molar-refractivity contribution is -0.116. The minimum atomic E-state index is -1.07. The van der Waals surface area contributed by atoms with Crippen molar-refractivity contribution in [3.63, 3.8) is 0 Å². The monoisotopic (exact) mass is 405 g/mol. The minimum Gasteiger partial charge on any atom is -0.497 e. The van der Waals surface area contributed by atoms with Gasteiger partial charge in [0.05, 0.1) is 24.1 Å². The van der Waals surface area contributed by atoms with E-state index in [-0.39, 0.29) is 17.9 Å². The van der Waals surface area contributed by atoms with Gasteiger partial charge in [-0.25, -0.2) is 4.79 Å². The Bertz CT molecular complexity index is 1130. The molecular weight excluding hydrogens is 382 g/mol. The number of carboxylic acids is 1. The predicted octanol–water partition coefficient (Wildman–Crippen LogP) is 3.46. The number of benzene rings is 2. The summed E-state index contributed by atoms with van der Waals surface area (Å²) in [5.41, 5.74) is 5.89. The normalized spacial score (nSPS) is 12.1. The Balaban J connectivity index is 1.51. The topological polar surface area (TPSA) is 93.5 Å². The molecule has 1 aliphatic rings. The maximum absolute atomic E-state index is 12.5. The number of methoxy groups -OCH3 is 1. The van der Waals surface area contributed by atoms with Crippen molar-refractivity contribution in [2.24, 2.45) is 7.05 Å². The lowest BCUT2D eigenvalue weighted by Gasteiger charge is -2.17. The zero-order valence-electron chi connectivity index (χ0n) is 16.9. The highest BCUT2D eigenvalue weighted by Gasteiger charge is 2.24. The van der Waals surface area contributed by atoms with Crippen molar-refractivity contribution in [2.75, 3.05) is 12.4 Å². The largest absolute Gasteiger partial charge is 0.497 e. The van der Waals surface area contributed by atoms with Gasteiger partial charge in [-0.15, -0.1) is 0 Å². The number of hydrogen-bond acceptors (Lipinski definition) is 4. The molecule has 1 heterocycles. The SMILES string of the molecule is COc1ccc2c(c1)CCc1c-2nn(C)c1CCC(=O)Nc1ccccc1C(=O)O. The number of fused-ring (bicyclic) bond motifs is 3. The second-order valence-electron chi connectivity index (χ2n) is 7.32. The van der Waals surface area contributed by atoms with Gasteiger partial charge in [0.2, 0.25) is 5.91 Å². The number of nitrogens with one attached hydrogen (secondary N) is 1. The number of hydrogen-bond donors (Lipinski definition) is 2. The van der Waals surface area contributed by atoms with Crippen LogP contribution in [0.1, 0.15) is 33.6 Å². The number of anilines is 1. The molecule has 0 spiro atoms. The fourth-order valence-electron chi connectivity index (χ4n) is 4.01. The van der Waals surface area contributed by atoms with Crippen LogP contribution in [0.25, 0.3) is 11.3 Å². The van der Waals surface area contributed by atoms with Gasteiger partial charge in [-0.05, 0) is 55.2 Å². The molecule has 7 nitrogen and oxygen atoms in total. The Kier molecular flexibility index (Phi) is 5.27. The zero-order chi connectivity index (χ0) is 21.3. The first kappa shape index (κ1) is 19.7. The second kappa shape index (κ2) is 8.02. The van der Waals surface area contributed by atoms with Crippen LogP contribution in [-0.2, 0) is 31.1 Å². The number of carboxylic acid groups (broad SMARTS) is 1. The van der Waals surface area contributed by atoms with Crippen molar-refractivity contribution in [3.8, 4) is 17.0 Å². The number of aryl methyl sites for hydroxylation is 2. The highest BCUT2D eigenvalue weighted by atomic mass is 16.5. The van der Waals surface area contributed by atoms with Crippen molar-refractivity contribution < 1.29 is 19.4 Å². The van der Waals surface area contributed by atoms with Gasteiger partial charge >= 0.3 is 5.97 Å². The van der Waals surface area contributed by atoms with Gasteiger partial charge in [0.15, 0.2) is 0 Å². The molecule has 0 fully saturated rings. The summed E-state index contributed by atoms with van der Waals surface area (Å²) in [4.78, 5) is 23.8. The Morgan fingerprint density at radius 2 is 2.00 bits per heavy atom. The van der Waals surface area contributed by atoms with Crippen LogP contribution in [-0.4, -0.2) is 33.9 Å². The fourth-order valence-corrected chi connectivity index (χ4v) is 4.01. The van der Waals surface area contributed by atoms with Gasteiger partial charge in [-0.3, -0.25) is 9.48 Å². The van der Waals surface area contributed by atoms with E-state index >= 15 is 0 Å². The molecule has 2 N–H and O–H groups in total. The number of ether oxygens (including phenoxy) is 1. The zero-order valence-corrected chi connectivity index (χ0v) is 16.9. The molecule has 0 radical (unpaired) electrons. The predicted molar refractivity (Wildman–Crippen MR) is 113 cm³/mol. The van der Waals surface area contributed by atoms with Gasteiger partial charge in [-0.2, -0.15) is 5.10 Å². The Hall–Kier alpha value is -3.61. The van der Waals surface area contributed by atoms with E-state index < -0.39 is 5.97 Å². The maximum Gasteiger partial charge on any atom is 0.337 e. The molecule has 0 atom stereocenters. The van der Waals surface area contributed by atoms with E-state index in [1.165, 1.54) is 17.2 Å². The molecule has 30 heavy (non-hydrogen) atoms. The first-order chi connectivity index (χ1) is 14.5. The van der Waals surface area contributed by atoms with Crippen LogP contribution in [0.5, 0.6) is 5.75 Å². The van der Waals surface area contributed by atoms with Gasteiger partial charge in [-0.1, -0.05) is 12.1 Å². The maximum atomic E-state index is 12.5. The molecule has 0 unspecified atom stereocenters. The van der Waals surface area contributed by atoms with Crippen molar-refractivity contribution in [1.29, 1.82) is 0 Å². The molecule has 4 rings (SSSR count). The van der Waals surface area contributed by atoms with Crippen LogP contribution in [0.2, 0.25) is 0 Å². The lowest BCUT2D eigenvalue weighted by atomic mass is 9.88. The smallest absolute Gasteiger partial charge is 0.337 e.